The second kappa shape index (κ2) is 10.2. The molecular formula is C33H40FN5. The standard InChI is InChI=1S/C33H40FN5/c1-7-26-18-23(4)27(19-28(26)31-36-29-10-15-39(22(2)3)21-30(29)37-31)24(5)38-16-13-33(34,14-17-38)32(6)11-8-25(20-35)9-12-32/h8-9,11,18-19H,2,5,7,10,12-17,21H2,1,3-4,6H3,(H,36,37). The molecule has 3 heterocycles. The van der Waals surface area contributed by atoms with E-state index in [1.165, 1.54) is 16.8 Å². The fourth-order valence-electron chi connectivity index (χ4n) is 6.36. The Kier molecular flexibility index (Phi) is 7.05. The molecule has 6 heteroatoms. The van der Waals surface area contributed by atoms with Crippen molar-refractivity contribution in [1.29, 1.82) is 5.26 Å². The van der Waals surface area contributed by atoms with Crippen LogP contribution < -0.4 is 0 Å². The zero-order chi connectivity index (χ0) is 27.9. The van der Waals surface area contributed by atoms with Gasteiger partial charge in [-0.25, -0.2) is 9.37 Å². The molecule has 2 aromatic rings. The van der Waals surface area contributed by atoms with Crippen LogP contribution in [0.1, 0.15) is 68.1 Å². The number of nitrogens with one attached hydrogen (secondary N) is 1. The highest BCUT2D eigenvalue weighted by Crippen LogP contribution is 2.49. The largest absolute Gasteiger partial charge is 0.371 e. The van der Waals surface area contributed by atoms with Crippen LogP contribution in [0.4, 0.5) is 4.39 Å². The molecule has 2 aliphatic heterocycles. The number of H-pyrrole nitrogens is 1. The average molecular weight is 526 g/mol. The number of aryl methyl sites for hydroxylation is 2. The number of aromatic amines is 1. The van der Waals surface area contributed by atoms with E-state index in [-0.39, 0.29) is 0 Å². The highest BCUT2D eigenvalue weighted by molar-refractivity contribution is 5.73. The van der Waals surface area contributed by atoms with Gasteiger partial charge in [0.2, 0.25) is 0 Å². The molecule has 1 atom stereocenters. The molecule has 1 aromatic carbocycles. The summed E-state index contributed by atoms with van der Waals surface area (Å²) in [6, 6.07) is 6.66. The van der Waals surface area contributed by atoms with Crippen molar-refractivity contribution >= 4 is 5.70 Å². The summed E-state index contributed by atoms with van der Waals surface area (Å²) in [5, 5.41) is 9.17. The van der Waals surface area contributed by atoms with E-state index in [9.17, 15) is 0 Å². The van der Waals surface area contributed by atoms with Crippen molar-refractivity contribution in [3.8, 4) is 17.5 Å². The van der Waals surface area contributed by atoms with Gasteiger partial charge in [0.05, 0.1) is 24.0 Å². The second-order valence-electron chi connectivity index (χ2n) is 11.7. The Balaban J connectivity index is 1.37. The van der Waals surface area contributed by atoms with Crippen LogP contribution in [0.5, 0.6) is 0 Å². The van der Waals surface area contributed by atoms with Gasteiger partial charge in [0.25, 0.3) is 0 Å². The summed E-state index contributed by atoms with van der Waals surface area (Å²) in [4.78, 5) is 13.2. The minimum Gasteiger partial charge on any atom is -0.371 e. The van der Waals surface area contributed by atoms with Crippen LogP contribution in [-0.4, -0.2) is 45.1 Å². The number of imidazole rings is 1. The number of fused-ring (bicyclic) bond motifs is 1. The molecular weight excluding hydrogens is 485 g/mol. The van der Waals surface area contributed by atoms with Crippen molar-refractivity contribution in [2.45, 2.75) is 72.0 Å². The highest BCUT2D eigenvalue weighted by Gasteiger charge is 2.49. The van der Waals surface area contributed by atoms with Crippen molar-refractivity contribution in [2.24, 2.45) is 5.41 Å². The molecule has 204 valence electrons. The van der Waals surface area contributed by atoms with Gasteiger partial charge in [-0.1, -0.05) is 45.2 Å². The topological polar surface area (TPSA) is 59.0 Å². The van der Waals surface area contributed by atoms with Crippen molar-refractivity contribution in [2.75, 3.05) is 19.6 Å². The van der Waals surface area contributed by atoms with E-state index in [4.69, 9.17) is 10.2 Å². The molecule has 1 saturated heterocycles. The number of benzene rings is 1. The Labute approximate surface area is 232 Å². The molecule has 1 aromatic heterocycles. The maximum Gasteiger partial charge on any atom is 0.138 e. The van der Waals surface area contributed by atoms with E-state index in [0.717, 1.165) is 60.0 Å². The number of likely N-dealkylation sites (tertiary alicyclic amines) is 1. The van der Waals surface area contributed by atoms with Gasteiger partial charge in [0, 0.05) is 59.6 Å². The Bertz CT molecular complexity index is 1410. The molecule has 0 radical (unpaired) electrons. The van der Waals surface area contributed by atoms with E-state index in [0.29, 0.717) is 37.9 Å². The summed E-state index contributed by atoms with van der Waals surface area (Å²) in [5.74, 6) is 0.915. The van der Waals surface area contributed by atoms with Gasteiger partial charge in [-0.05, 0) is 62.8 Å². The van der Waals surface area contributed by atoms with Crippen LogP contribution in [-0.2, 0) is 19.4 Å². The summed E-state index contributed by atoms with van der Waals surface area (Å²) >= 11 is 0. The number of rotatable bonds is 6. The Morgan fingerprint density at radius 2 is 1.95 bits per heavy atom. The molecule has 0 bridgehead atoms. The van der Waals surface area contributed by atoms with Crippen molar-refractivity contribution in [3.05, 3.63) is 82.9 Å². The molecule has 0 spiro atoms. The zero-order valence-corrected chi connectivity index (χ0v) is 23.8. The van der Waals surface area contributed by atoms with Crippen LogP contribution in [0.3, 0.4) is 0 Å². The third-order valence-corrected chi connectivity index (χ3v) is 9.24. The molecule has 1 unspecified atom stereocenters. The number of nitrogens with zero attached hydrogens (tertiary/aromatic N) is 4. The first kappa shape index (κ1) is 27.0. The first-order valence-electron chi connectivity index (χ1n) is 14.1. The second-order valence-corrected chi connectivity index (χ2v) is 11.7. The lowest BCUT2D eigenvalue weighted by Crippen LogP contribution is -2.50. The fourth-order valence-corrected chi connectivity index (χ4v) is 6.36. The molecule has 5 nitrogen and oxygen atoms in total. The minimum atomic E-state index is -1.31. The number of aromatic nitrogens is 2. The van der Waals surface area contributed by atoms with Gasteiger partial charge in [0.15, 0.2) is 0 Å². The third kappa shape index (κ3) is 4.84. The van der Waals surface area contributed by atoms with Crippen molar-refractivity contribution in [3.63, 3.8) is 0 Å². The monoisotopic (exact) mass is 525 g/mol. The average Bonchev–Trinajstić information content (AvgIpc) is 3.36. The Hall–Kier alpha value is -3.59. The Morgan fingerprint density at radius 1 is 1.21 bits per heavy atom. The van der Waals surface area contributed by atoms with Crippen LogP contribution in [0.2, 0.25) is 0 Å². The molecule has 1 N–H and O–H groups in total. The first-order chi connectivity index (χ1) is 18.6. The number of halogens is 1. The highest BCUT2D eigenvalue weighted by atomic mass is 19.1. The molecule has 0 saturated carbocycles. The maximum atomic E-state index is 16.3. The predicted octanol–water partition coefficient (Wildman–Crippen LogP) is 7.03. The van der Waals surface area contributed by atoms with Crippen LogP contribution in [0.15, 0.2) is 54.8 Å². The summed E-state index contributed by atoms with van der Waals surface area (Å²) in [6.45, 7) is 19.9. The van der Waals surface area contributed by atoms with Gasteiger partial charge in [-0.3, -0.25) is 0 Å². The number of allylic oxidation sites excluding steroid dienone is 5. The van der Waals surface area contributed by atoms with Gasteiger partial charge in [-0.15, -0.1) is 0 Å². The molecule has 1 fully saturated rings. The lowest BCUT2D eigenvalue weighted by Gasteiger charge is -2.47. The summed E-state index contributed by atoms with van der Waals surface area (Å²) < 4.78 is 16.3. The number of hydrogen-bond acceptors (Lipinski definition) is 4. The summed E-state index contributed by atoms with van der Waals surface area (Å²) in [7, 11) is 0. The number of alkyl halides is 1. The Morgan fingerprint density at radius 3 is 2.56 bits per heavy atom. The van der Waals surface area contributed by atoms with Gasteiger partial charge in [-0.2, -0.15) is 5.26 Å². The van der Waals surface area contributed by atoms with E-state index in [1.54, 1.807) is 6.08 Å². The number of piperidine rings is 1. The molecule has 5 rings (SSSR count). The maximum absolute atomic E-state index is 16.3. The molecule has 3 aliphatic rings. The zero-order valence-electron chi connectivity index (χ0n) is 23.8. The number of nitriles is 1. The van der Waals surface area contributed by atoms with Crippen molar-refractivity contribution in [1.82, 2.24) is 19.8 Å². The minimum absolute atomic E-state index is 0.436. The van der Waals surface area contributed by atoms with Gasteiger partial charge >= 0.3 is 0 Å². The molecule has 0 amide bonds. The van der Waals surface area contributed by atoms with E-state index in [2.05, 4.69) is 66.9 Å². The summed E-state index contributed by atoms with van der Waals surface area (Å²) in [6.07, 6.45) is 8.81. The van der Waals surface area contributed by atoms with Crippen LogP contribution >= 0.6 is 0 Å². The third-order valence-electron chi connectivity index (χ3n) is 9.24. The van der Waals surface area contributed by atoms with Crippen molar-refractivity contribution < 1.29 is 4.39 Å². The van der Waals surface area contributed by atoms with Crippen LogP contribution in [0.25, 0.3) is 17.1 Å². The lowest BCUT2D eigenvalue weighted by molar-refractivity contribution is -0.0110. The lowest BCUT2D eigenvalue weighted by atomic mass is 9.66. The smallest absolute Gasteiger partial charge is 0.138 e. The first-order valence-corrected chi connectivity index (χ1v) is 14.1. The molecule has 39 heavy (non-hydrogen) atoms. The fraction of sp³-hybridized carbons (Fsp3) is 0.455. The van der Waals surface area contributed by atoms with Gasteiger partial charge < -0.3 is 14.8 Å². The van der Waals surface area contributed by atoms with E-state index >= 15 is 4.39 Å². The van der Waals surface area contributed by atoms with E-state index in [1.807, 2.05) is 19.1 Å². The van der Waals surface area contributed by atoms with Gasteiger partial charge in [0.1, 0.15) is 11.5 Å². The quantitative estimate of drug-likeness (QED) is 0.440. The molecule has 1 aliphatic carbocycles. The normalized spacial score (nSPS) is 22.2. The SMILES string of the molecule is C=C(C)N1CCc2nc(-c3cc(C(=C)N4CCC(F)(C5(C)C=CC(C#N)=CC5)CC4)c(C)cc3CC)[nH]c2C1. The summed E-state index contributed by atoms with van der Waals surface area (Å²) in [5.41, 5.74) is 7.70. The van der Waals surface area contributed by atoms with E-state index < -0.39 is 11.1 Å². The van der Waals surface area contributed by atoms with Crippen LogP contribution in [0, 0.1) is 23.7 Å². The number of hydrogen-bond donors (Lipinski definition) is 1. The predicted molar refractivity (Wildman–Crippen MR) is 156 cm³/mol.